The molecule has 0 aliphatic rings. The summed E-state index contributed by atoms with van der Waals surface area (Å²) in [6.45, 7) is 3.02. The van der Waals surface area contributed by atoms with Gasteiger partial charge in [-0.25, -0.2) is 4.98 Å². The molecule has 0 amide bonds. The number of hydrogen-bond donors (Lipinski definition) is 1. The van der Waals surface area contributed by atoms with E-state index in [9.17, 15) is 0 Å². The van der Waals surface area contributed by atoms with Gasteiger partial charge in [-0.3, -0.25) is 0 Å². The quantitative estimate of drug-likeness (QED) is 0.749. The molecule has 1 aromatic heterocycles. The number of hydrogen-bond acceptors (Lipinski definition) is 3. The Morgan fingerprint density at radius 1 is 1.06 bits per heavy atom. The fraction of sp³-hybridized carbons (Fsp3) is 0.133. The minimum absolute atomic E-state index is 0.919. The van der Waals surface area contributed by atoms with E-state index >= 15 is 0 Å². The lowest BCUT2D eigenvalue weighted by molar-refractivity contribution is 1.21. The van der Waals surface area contributed by atoms with Crippen LogP contribution in [0, 0.1) is 0 Å². The van der Waals surface area contributed by atoms with Crippen molar-refractivity contribution in [1.82, 2.24) is 4.98 Å². The van der Waals surface area contributed by atoms with Crippen molar-refractivity contribution < 1.29 is 0 Å². The molecule has 90 valence electrons. The fourth-order valence-corrected chi connectivity index (χ4v) is 3.01. The van der Waals surface area contributed by atoms with E-state index in [4.69, 9.17) is 4.98 Å². The van der Waals surface area contributed by atoms with Gasteiger partial charge in [-0.05, 0) is 31.2 Å². The molecule has 3 rings (SSSR count). The van der Waals surface area contributed by atoms with E-state index in [0.29, 0.717) is 0 Å². The lowest BCUT2D eigenvalue weighted by Crippen LogP contribution is -1.97. The highest BCUT2D eigenvalue weighted by Gasteiger charge is 2.09. The molecule has 0 bridgehead atoms. The van der Waals surface area contributed by atoms with Crippen molar-refractivity contribution in [3.05, 3.63) is 48.5 Å². The molecule has 3 aromatic rings. The first-order valence-corrected chi connectivity index (χ1v) is 6.89. The van der Waals surface area contributed by atoms with Crippen molar-refractivity contribution in [3.63, 3.8) is 0 Å². The highest BCUT2D eigenvalue weighted by Crippen LogP contribution is 2.34. The van der Waals surface area contributed by atoms with E-state index in [-0.39, 0.29) is 0 Å². The van der Waals surface area contributed by atoms with Gasteiger partial charge in [0, 0.05) is 17.8 Å². The Morgan fingerprint density at radius 2 is 1.83 bits per heavy atom. The maximum Gasteiger partial charge on any atom is 0.126 e. The monoisotopic (exact) mass is 254 g/mol. The standard InChI is InChI=1S/C15H14N2S/c1-2-16-12-8-4-3-7-11(12)15-17-13-9-5-6-10-14(13)18-15/h3-10,16H,2H2,1H3. The Morgan fingerprint density at radius 3 is 2.67 bits per heavy atom. The molecule has 0 aliphatic heterocycles. The fourth-order valence-electron chi connectivity index (χ4n) is 2.00. The molecule has 0 fully saturated rings. The summed E-state index contributed by atoms with van der Waals surface area (Å²) in [5.74, 6) is 0. The highest BCUT2D eigenvalue weighted by atomic mass is 32.1. The van der Waals surface area contributed by atoms with Gasteiger partial charge in [0.05, 0.1) is 10.2 Å². The van der Waals surface area contributed by atoms with Crippen LogP contribution in [0.1, 0.15) is 6.92 Å². The van der Waals surface area contributed by atoms with Crippen LogP contribution >= 0.6 is 11.3 Å². The van der Waals surface area contributed by atoms with Crippen LogP contribution in [0.15, 0.2) is 48.5 Å². The van der Waals surface area contributed by atoms with Crippen LogP contribution in [-0.4, -0.2) is 11.5 Å². The molecular formula is C15H14N2S. The molecule has 3 heteroatoms. The van der Waals surface area contributed by atoms with Crippen LogP contribution in [0.2, 0.25) is 0 Å². The SMILES string of the molecule is CCNc1ccccc1-c1nc2ccccc2s1. The molecule has 0 unspecified atom stereocenters. The summed E-state index contributed by atoms with van der Waals surface area (Å²) >= 11 is 1.74. The van der Waals surface area contributed by atoms with Gasteiger partial charge in [-0.1, -0.05) is 24.3 Å². The van der Waals surface area contributed by atoms with Crippen molar-refractivity contribution in [2.75, 3.05) is 11.9 Å². The molecule has 0 atom stereocenters. The van der Waals surface area contributed by atoms with Gasteiger partial charge >= 0.3 is 0 Å². The molecule has 0 aliphatic carbocycles. The predicted octanol–water partition coefficient (Wildman–Crippen LogP) is 4.40. The summed E-state index contributed by atoms with van der Waals surface area (Å²) in [4.78, 5) is 4.70. The summed E-state index contributed by atoms with van der Waals surface area (Å²) < 4.78 is 1.24. The molecule has 1 N–H and O–H groups in total. The number of benzene rings is 2. The smallest absolute Gasteiger partial charge is 0.126 e. The second kappa shape index (κ2) is 4.78. The van der Waals surface area contributed by atoms with Gasteiger partial charge in [0.1, 0.15) is 5.01 Å². The highest BCUT2D eigenvalue weighted by molar-refractivity contribution is 7.21. The minimum atomic E-state index is 0.919. The van der Waals surface area contributed by atoms with E-state index < -0.39 is 0 Å². The van der Waals surface area contributed by atoms with Gasteiger partial charge in [0.25, 0.3) is 0 Å². The Hall–Kier alpha value is -1.87. The van der Waals surface area contributed by atoms with E-state index in [2.05, 4.69) is 54.7 Å². The topological polar surface area (TPSA) is 24.9 Å². The van der Waals surface area contributed by atoms with Crippen LogP contribution in [-0.2, 0) is 0 Å². The van der Waals surface area contributed by atoms with Crippen LogP contribution in [0.4, 0.5) is 5.69 Å². The summed E-state index contributed by atoms with van der Waals surface area (Å²) in [5.41, 5.74) is 3.41. The first-order chi connectivity index (χ1) is 8.88. The van der Waals surface area contributed by atoms with Crippen molar-refractivity contribution >= 4 is 27.2 Å². The van der Waals surface area contributed by atoms with Gasteiger partial charge < -0.3 is 5.32 Å². The second-order valence-electron chi connectivity index (χ2n) is 4.06. The number of thiazole rings is 1. The van der Waals surface area contributed by atoms with Gasteiger partial charge in [-0.15, -0.1) is 11.3 Å². The maximum atomic E-state index is 4.70. The number of anilines is 1. The molecular weight excluding hydrogens is 240 g/mol. The van der Waals surface area contributed by atoms with E-state index in [1.165, 1.54) is 10.3 Å². The van der Waals surface area contributed by atoms with E-state index in [1.807, 2.05) is 6.07 Å². The number of rotatable bonds is 3. The predicted molar refractivity (Wildman–Crippen MR) is 79.2 cm³/mol. The average Bonchev–Trinajstić information content (AvgIpc) is 2.83. The molecule has 2 nitrogen and oxygen atoms in total. The van der Waals surface area contributed by atoms with Crippen LogP contribution < -0.4 is 5.32 Å². The summed E-state index contributed by atoms with van der Waals surface area (Å²) in [6, 6.07) is 16.6. The largest absolute Gasteiger partial charge is 0.385 e. The minimum Gasteiger partial charge on any atom is -0.385 e. The molecule has 18 heavy (non-hydrogen) atoms. The van der Waals surface area contributed by atoms with Crippen molar-refractivity contribution in [3.8, 4) is 10.6 Å². The summed E-state index contributed by atoms with van der Waals surface area (Å²) in [5, 5.41) is 4.46. The lowest BCUT2D eigenvalue weighted by Gasteiger charge is -2.07. The third kappa shape index (κ3) is 1.97. The van der Waals surface area contributed by atoms with Crippen molar-refractivity contribution in [2.24, 2.45) is 0 Å². The van der Waals surface area contributed by atoms with Gasteiger partial charge in [0.2, 0.25) is 0 Å². The Kier molecular flexibility index (Phi) is 2.99. The molecule has 0 radical (unpaired) electrons. The maximum absolute atomic E-state index is 4.70. The zero-order valence-corrected chi connectivity index (χ0v) is 11.0. The first kappa shape index (κ1) is 11.2. The Labute approximate surface area is 110 Å². The number of para-hydroxylation sites is 2. The number of fused-ring (bicyclic) bond motifs is 1. The lowest BCUT2D eigenvalue weighted by atomic mass is 10.2. The zero-order chi connectivity index (χ0) is 12.4. The number of nitrogens with one attached hydrogen (secondary N) is 1. The van der Waals surface area contributed by atoms with Crippen molar-refractivity contribution in [2.45, 2.75) is 6.92 Å². The third-order valence-electron chi connectivity index (χ3n) is 2.82. The second-order valence-corrected chi connectivity index (χ2v) is 5.09. The average molecular weight is 254 g/mol. The number of aromatic nitrogens is 1. The molecule has 1 heterocycles. The number of nitrogens with zero attached hydrogens (tertiary/aromatic N) is 1. The van der Waals surface area contributed by atoms with Crippen molar-refractivity contribution in [1.29, 1.82) is 0 Å². The zero-order valence-electron chi connectivity index (χ0n) is 10.2. The summed E-state index contributed by atoms with van der Waals surface area (Å²) in [7, 11) is 0. The van der Waals surface area contributed by atoms with E-state index in [1.54, 1.807) is 11.3 Å². The van der Waals surface area contributed by atoms with Crippen LogP contribution in [0.3, 0.4) is 0 Å². The third-order valence-corrected chi connectivity index (χ3v) is 3.89. The molecule has 0 saturated heterocycles. The molecule has 2 aromatic carbocycles. The Balaban J connectivity index is 2.13. The normalized spacial score (nSPS) is 10.7. The molecule has 0 spiro atoms. The first-order valence-electron chi connectivity index (χ1n) is 6.07. The van der Waals surface area contributed by atoms with Gasteiger partial charge in [-0.2, -0.15) is 0 Å². The van der Waals surface area contributed by atoms with E-state index in [0.717, 1.165) is 22.8 Å². The summed E-state index contributed by atoms with van der Waals surface area (Å²) in [6.07, 6.45) is 0. The Bertz CT molecular complexity index is 640. The van der Waals surface area contributed by atoms with Gasteiger partial charge in [0.15, 0.2) is 0 Å². The molecule has 0 saturated carbocycles. The van der Waals surface area contributed by atoms with Crippen LogP contribution in [0.5, 0.6) is 0 Å². The van der Waals surface area contributed by atoms with Crippen LogP contribution in [0.25, 0.3) is 20.8 Å².